The molecule has 0 aliphatic heterocycles. The highest BCUT2D eigenvalue weighted by molar-refractivity contribution is 6.27. The number of amides is 1. The van der Waals surface area contributed by atoms with E-state index < -0.39 is 11.9 Å². The standard InChI is InChI=1S/C10H16N2O3.C2H2O4/c1-14-6-4-11-8-10(13)12-7-9-3-2-5-15-9;3-1(4)2(5)6/h2-3,5,11H,4,6-8H2,1H3,(H,12,13);(H,3,4)(H,5,6). The van der Waals surface area contributed by atoms with E-state index in [2.05, 4.69) is 10.6 Å². The molecule has 0 unspecified atom stereocenters. The molecular formula is C12H18N2O7. The number of aliphatic carboxylic acids is 2. The Bertz CT molecular complexity index is 419. The first-order valence-corrected chi connectivity index (χ1v) is 5.92. The van der Waals surface area contributed by atoms with Crippen molar-refractivity contribution in [3.05, 3.63) is 24.2 Å². The molecule has 0 saturated heterocycles. The summed E-state index contributed by atoms with van der Waals surface area (Å²) in [6, 6.07) is 3.61. The van der Waals surface area contributed by atoms with Crippen molar-refractivity contribution < 1.29 is 33.8 Å². The maximum Gasteiger partial charge on any atom is 0.414 e. The SMILES string of the molecule is COCCNCC(=O)NCc1ccco1.O=C(O)C(=O)O. The van der Waals surface area contributed by atoms with E-state index in [4.69, 9.17) is 29.0 Å². The van der Waals surface area contributed by atoms with Crippen molar-refractivity contribution in [3.8, 4) is 0 Å². The number of nitrogens with one attached hydrogen (secondary N) is 2. The molecule has 0 atom stereocenters. The molecule has 0 radical (unpaired) electrons. The number of methoxy groups -OCH3 is 1. The number of carboxylic acids is 2. The highest BCUT2D eigenvalue weighted by atomic mass is 16.5. The Morgan fingerprint density at radius 3 is 2.43 bits per heavy atom. The van der Waals surface area contributed by atoms with E-state index in [0.29, 0.717) is 26.2 Å². The Morgan fingerprint density at radius 2 is 1.95 bits per heavy atom. The minimum absolute atomic E-state index is 0.0532. The smallest absolute Gasteiger partial charge is 0.414 e. The summed E-state index contributed by atoms with van der Waals surface area (Å²) in [5.41, 5.74) is 0. The van der Waals surface area contributed by atoms with Gasteiger partial charge in [0.15, 0.2) is 0 Å². The molecule has 0 saturated carbocycles. The molecular weight excluding hydrogens is 284 g/mol. The van der Waals surface area contributed by atoms with Crippen molar-refractivity contribution in [3.63, 3.8) is 0 Å². The number of rotatable bonds is 7. The molecule has 1 amide bonds. The average molecular weight is 302 g/mol. The zero-order chi connectivity index (χ0) is 16.1. The Labute approximate surface area is 120 Å². The number of carbonyl (C=O) groups excluding carboxylic acids is 1. The van der Waals surface area contributed by atoms with Gasteiger partial charge in [-0.15, -0.1) is 0 Å². The third-order valence-electron chi connectivity index (χ3n) is 1.99. The molecule has 4 N–H and O–H groups in total. The molecule has 9 nitrogen and oxygen atoms in total. The van der Waals surface area contributed by atoms with Crippen LogP contribution in [-0.2, 0) is 25.7 Å². The summed E-state index contributed by atoms with van der Waals surface area (Å²) in [6.45, 7) is 2.00. The minimum Gasteiger partial charge on any atom is -0.473 e. The normalized spacial score (nSPS) is 9.38. The van der Waals surface area contributed by atoms with Crippen LogP contribution in [0.15, 0.2) is 22.8 Å². The fraction of sp³-hybridized carbons (Fsp3) is 0.417. The topological polar surface area (TPSA) is 138 Å². The van der Waals surface area contributed by atoms with Crippen molar-refractivity contribution in [1.82, 2.24) is 10.6 Å². The second-order valence-corrected chi connectivity index (χ2v) is 3.64. The number of ether oxygens (including phenoxy) is 1. The van der Waals surface area contributed by atoms with Crippen LogP contribution in [0, 0.1) is 0 Å². The lowest BCUT2D eigenvalue weighted by molar-refractivity contribution is -0.159. The lowest BCUT2D eigenvalue weighted by Crippen LogP contribution is -2.34. The Hall–Kier alpha value is -2.39. The minimum atomic E-state index is -1.82. The van der Waals surface area contributed by atoms with Gasteiger partial charge in [0.05, 0.1) is 26.0 Å². The number of carbonyl (C=O) groups is 3. The van der Waals surface area contributed by atoms with Crippen molar-refractivity contribution in [1.29, 1.82) is 0 Å². The van der Waals surface area contributed by atoms with Crippen LogP contribution < -0.4 is 10.6 Å². The first-order chi connectivity index (χ1) is 9.97. The predicted octanol–water partition coefficient (Wildman–Crippen LogP) is -0.713. The summed E-state index contributed by atoms with van der Waals surface area (Å²) >= 11 is 0. The van der Waals surface area contributed by atoms with Gasteiger partial charge in [-0.2, -0.15) is 0 Å². The van der Waals surface area contributed by atoms with Crippen molar-refractivity contribution in [2.45, 2.75) is 6.54 Å². The summed E-state index contributed by atoms with van der Waals surface area (Å²) in [6.07, 6.45) is 1.58. The van der Waals surface area contributed by atoms with E-state index >= 15 is 0 Å². The molecule has 1 heterocycles. The monoisotopic (exact) mass is 302 g/mol. The maximum atomic E-state index is 11.2. The Balaban J connectivity index is 0.000000567. The Kier molecular flexibility index (Phi) is 10.1. The second kappa shape index (κ2) is 11.4. The van der Waals surface area contributed by atoms with Crippen LogP contribution in [0.4, 0.5) is 0 Å². The molecule has 1 aromatic heterocycles. The first kappa shape index (κ1) is 18.6. The van der Waals surface area contributed by atoms with Gasteiger partial charge in [0, 0.05) is 13.7 Å². The summed E-state index contributed by atoms with van der Waals surface area (Å²) in [7, 11) is 1.62. The van der Waals surface area contributed by atoms with Crippen LogP contribution in [0.25, 0.3) is 0 Å². The molecule has 0 bridgehead atoms. The van der Waals surface area contributed by atoms with Crippen LogP contribution in [0.2, 0.25) is 0 Å². The highest BCUT2D eigenvalue weighted by Crippen LogP contribution is 1.97. The summed E-state index contributed by atoms with van der Waals surface area (Å²) in [5, 5.41) is 20.5. The fourth-order valence-corrected chi connectivity index (χ4v) is 1.04. The van der Waals surface area contributed by atoms with E-state index in [1.807, 2.05) is 6.07 Å². The van der Waals surface area contributed by atoms with Gasteiger partial charge in [-0.25, -0.2) is 9.59 Å². The zero-order valence-corrected chi connectivity index (χ0v) is 11.5. The highest BCUT2D eigenvalue weighted by Gasteiger charge is 2.04. The van der Waals surface area contributed by atoms with Gasteiger partial charge in [0.25, 0.3) is 0 Å². The van der Waals surface area contributed by atoms with Gasteiger partial charge in [-0.1, -0.05) is 0 Å². The quantitative estimate of drug-likeness (QED) is 0.382. The largest absolute Gasteiger partial charge is 0.473 e. The number of hydrogen-bond donors (Lipinski definition) is 4. The second-order valence-electron chi connectivity index (χ2n) is 3.64. The van der Waals surface area contributed by atoms with Crippen LogP contribution in [0.1, 0.15) is 5.76 Å². The third-order valence-corrected chi connectivity index (χ3v) is 1.99. The summed E-state index contributed by atoms with van der Waals surface area (Å²) in [4.78, 5) is 29.4. The van der Waals surface area contributed by atoms with E-state index in [-0.39, 0.29) is 5.91 Å². The number of hydrogen-bond acceptors (Lipinski definition) is 6. The van der Waals surface area contributed by atoms with Gasteiger partial charge >= 0.3 is 11.9 Å². The molecule has 0 spiro atoms. The lowest BCUT2D eigenvalue weighted by atomic mass is 10.4. The van der Waals surface area contributed by atoms with Gasteiger partial charge in [0.1, 0.15) is 5.76 Å². The van der Waals surface area contributed by atoms with Crippen LogP contribution in [-0.4, -0.2) is 54.9 Å². The predicted molar refractivity (Wildman–Crippen MR) is 70.6 cm³/mol. The van der Waals surface area contributed by atoms with Gasteiger partial charge < -0.3 is 30.0 Å². The van der Waals surface area contributed by atoms with Gasteiger partial charge in [-0.3, -0.25) is 4.79 Å². The van der Waals surface area contributed by atoms with Crippen LogP contribution in [0.5, 0.6) is 0 Å². The molecule has 118 valence electrons. The number of carboxylic acid groups (broad SMARTS) is 2. The Morgan fingerprint density at radius 1 is 1.29 bits per heavy atom. The van der Waals surface area contributed by atoms with Crippen molar-refractivity contribution in [2.24, 2.45) is 0 Å². The molecule has 1 aromatic rings. The molecule has 0 fully saturated rings. The maximum absolute atomic E-state index is 11.2. The van der Waals surface area contributed by atoms with Gasteiger partial charge in [-0.05, 0) is 12.1 Å². The van der Waals surface area contributed by atoms with E-state index in [9.17, 15) is 4.79 Å². The third kappa shape index (κ3) is 11.2. The molecule has 0 aliphatic rings. The first-order valence-electron chi connectivity index (χ1n) is 5.92. The van der Waals surface area contributed by atoms with Crippen molar-refractivity contribution >= 4 is 17.8 Å². The van der Waals surface area contributed by atoms with Crippen LogP contribution in [0.3, 0.4) is 0 Å². The molecule has 9 heteroatoms. The molecule has 21 heavy (non-hydrogen) atoms. The average Bonchev–Trinajstić information content (AvgIpc) is 2.95. The van der Waals surface area contributed by atoms with Gasteiger partial charge in [0.2, 0.25) is 5.91 Å². The molecule has 0 aliphatic carbocycles. The zero-order valence-electron chi connectivity index (χ0n) is 11.5. The summed E-state index contributed by atoms with van der Waals surface area (Å²) in [5.74, 6) is -2.95. The molecule has 1 rings (SSSR count). The fourth-order valence-electron chi connectivity index (χ4n) is 1.04. The summed E-state index contributed by atoms with van der Waals surface area (Å²) < 4.78 is 9.91. The van der Waals surface area contributed by atoms with E-state index in [1.165, 1.54) is 0 Å². The van der Waals surface area contributed by atoms with E-state index in [1.54, 1.807) is 19.4 Å². The molecule has 0 aromatic carbocycles. The van der Waals surface area contributed by atoms with Crippen molar-refractivity contribution in [2.75, 3.05) is 26.8 Å². The lowest BCUT2D eigenvalue weighted by Gasteiger charge is -2.04. The van der Waals surface area contributed by atoms with Crippen LogP contribution >= 0.6 is 0 Å². The number of furan rings is 1. The van der Waals surface area contributed by atoms with E-state index in [0.717, 1.165) is 5.76 Å².